The summed E-state index contributed by atoms with van der Waals surface area (Å²) in [6.45, 7) is 5.64. The van der Waals surface area contributed by atoms with Crippen LogP contribution in [0.2, 0.25) is 0 Å². The molecule has 0 atom stereocenters. The van der Waals surface area contributed by atoms with E-state index in [1.807, 2.05) is 13.1 Å². The van der Waals surface area contributed by atoms with Gasteiger partial charge >= 0.3 is 0 Å². The lowest BCUT2D eigenvalue weighted by molar-refractivity contribution is 0.629. The first-order valence-electron chi connectivity index (χ1n) is 8.69. The number of aryl methyl sites for hydroxylation is 2. The molecule has 0 saturated carbocycles. The van der Waals surface area contributed by atoms with E-state index in [4.69, 9.17) is 0 Å². The Labute approximate surface area is 179 Å². The molecule has 8 heteroatoms. The van der Waals surface area contributed by atoms with Gasteiger partial charge in [0.15, 0.2) is 5.96 Å². The molecule has 146 valence electrons. The van der Waals surface area contributed by atoms with Crippen LogP contribution in [0.3, 0.4) is 0 Å². The highest BCUT2D eigenvalue weighted by molar-refractivity contribution is 14.0. The van der Waals surface area contributed by atoms with Gasteiger partial charge in [-0.05, 0) is 44.0 Å². The van der Waals surface area contributed by atoms with E-state index >= 15 is 0 Å². The van der Waals surface area contributed by atoms with E-state index in [1.165, 1.54) is 10.9 Å². The molecule has 2 aromatic heterocycles. The number of hydrogen-bond donors (Lipinski definition) is 3. The van der Waals surface area contributed by atoms with E-state index < -0.39 is 0 Å². The van der Waals surface area contributed by atoms with Gasteiger partial charge in [-0.15, -0.1) is 35.3 Å². The molecule has 0 aliphatic heterocycles. The minimum absolute atomic E-state index is 0. The number of H-pyrrole nitrogens is 1. The first kappa shape index (κ1) is 21.6. The Morgan fingerprint density at radius 2 is 1.96 bits per heavy atom. The van der Waals surface area contributed by atoms with Crippen molar-refractivity contribution in [1.82, 2.24) is 20.6 Å². The van der Waals surface area contributed by atoms with E-state index in [1.54, 1.807) is 30.5 Å². The fraction of sp³-hybridized carbons (Fsp3) is 0.368. The minimum Gasteiger partial charge on any atom is -0.361 e. The number of aliphatic imine (C=N–C) groups is 1. The molecule has 0 bridgehead atoms. The number of guanidine groups is 1. The van der Waals surface area contributed by atoms with E-state index in [0.29, 0.717) is 0 Å². The van der Waals surface area contributed by atoms with E-state index in [9.17, 15) is 4.39 Å². The van der Waals surface area contributed by atoms with Crippen LogP contribution in [-0.4, -0.2) is 36.1 Å². The lowest BCUT2D eigenvalue weighted by atomic mass is 10.1. The summed E-state index contributed by atoms with van der Waals surface area (Å²) in [6.07, 6.45) is 3.60. The number of fused-ring (bicyclic) bond motifs is 1. The number of benzene rings is 1. The maximum Gasteiger partial charge on any atom is 0.191 e. The molecule has 27 heavy (non-hydrogen) atoms. The van der Waals surface area contributed by atoms with Gasteiger partial charge in [0.25, 0.3) is 0 Å². The monoisotopic (exact) mass is 501 g/mol. The molecule has 0 unspecified atom stereocenters. The van der Waals surface area contributed by atoms with Gasteiger partial charge in [0.2, 0.25) is 0 Å². The van der Waals surface area contributed by atoms with E-state index in [0.717, 1.165) is 59.1 Å². The van der Waals surface area contributed by atoms with Crippen molar-refractivity contribution >= 4 is 52.2 Å². The number of hydrogen-bond acceptors (Lipinski definition) is 3. The lowest BCUT2D eigenvalue weighted by Crippen LogP contribution is -2.39. The Bertz CT molecular complexity index is 899. The summed E-state index contributed by atoms with van der Waals surface area (Å²) in [6, 6.07) is 4.81. The second kappa shape index (κ2) is 10.0. The van der Waals surface area contributed by atoms with Crippen LogP contribution in [0.4, 0.5) is 4.39 Å². The van der Waals surface area contributed by atoms with Crippen LogP contribution < -0.4 is 10.6 Å². The zero-order chi connectivity index (χ0) is 18.5. The molecule has 0 aliphatic rings. The number of aromatic amines is 1. The summed E-state index contributed by atoms with van der Waals surface area (Å²) in [5.41, 5.74) is 3.16. The lowest BCUT2D eigenvalue weighted by Gasteiger charge is -2.11. The van der Waals surface area contributed by atoms with Crippen LogP contribution in [0.25, 0.3) is 10.9 Å². The zero-order valence-electron chi connectivity index (χ0n) is 15.7. The predicted molar refractivity (Wildman–Crippen MR) is 122 cm³/mol. The predicted octanol–water partition coefficient (Wildman–Crippen LogP) is 3.95. The Morgan fingerprint density at radius 1 is 1.22 bits per heavy atom. The Balaban J connectivity index is 0.00000261. The van der Waals surface area contributed by atoms with Crippen molar-refractivity contribution in [3.63, 3.8) is 0 Å². The van der Waals surface area contributed by atoms with E-state index in [2.05, 4.69) is 32.5 Å². The molecule has 3 N–H and O–H groups in total. The summed E-state index contributed by atoms with van der Waals surface area (Å²) in [5.74, 6) is 0.553. The fourth-order valence-electron chi connectivity index (χ4n) is 2.83. The standard InChI is InChI=1S/C19H24FN5S.HI/c1-12-13(2)26-18(25-12)7-9-23-19(21-3)22-8-6-14-11-24-17-5-4-15(20)10-16(14)17;/h4-5,10-11,24H,6-9H2,1-3H3,(H2,21,22,23);1H. The number of thiazole rings is 1. The maximum absolute atomic E-state index is 13.4. The van der Waals surface area contributed by atoms with Crippen molar-refractivity contribution in [3.05, 3.63) is 51.4 Å². The quantitative estimate of drug-likeness (QED) is 0.272. The molecule has 3 rings (SSSR count). The average Bonchev–Trinajstić information content (AvgIpc) is 3.16. The summed E-state index contributed by atoms with van der Waals surface area (Å²) in [5, 5.41) is 8.69. The van der Waals surface area contributed by atoms with Crippen molar-refractivity contribution < 1.29 is 4.39 Å². The largest absolute Gasteiger partial charge is 0.361 e. The van der Waals surface area contributed by atoms with Crippen molar-refractivity contribution in [3.8, 4) is 0 Å². The van der Waals surface area contributed by atoms with Gasteiger partial charge in [0, 0.05) is 48.5 Å². The summed E-state index contributed by atoms with van der Waals surface area (Å²) in [4.78, 5) is 13.3. The number of halogens is 2. The van der Waals surface area contributed by atoms with E-state index in [-0.39, 0.29) is 29.8 Å². The second-order valence-electron chi connectivity index (χ2n) is 6.18. The normalized spacial score (nSPS) is 11.5. The molecule has 1 aromatic carbocycles. The second-order valence-corrected chi connectivity index (χ2v) is 7.47. The fourth-order valence-corrected chi connectivity index (χ4v) is 3.76. The molecule has 2 heterocycles. The smallest absolute Gasteiger partial charge is 0.191 e. The highest BCUT2D eigenvalue weighted by atomic mass is 127. The van der Waals surface area contributed by atoms with Crippen molar-refractivity contribution in [2.24, 2.45) is 4.99 Å². The third-order valence-electron chi connectivity index (χ3n) is 4.34. The minimum atomic E-state index is -0.212. The van der Waals surface area contributed by atoms with Crippen LogP contribution in [0.1, 0.15) is 21.1 Å². The molecular formula is C19H25FIN5S. The molecule has 0 spiro atoms. The van der Waals surface area contributed by atoms with Gasteiger partial charge in [0.05, 0.1) is 10.7 Å². The number of nitrogens with zero attached hydrogens (tertiary/aromatic N) is 2. The SMILES string of the molecule is CN=C(NCCc1nc(C)c(C)s1)NCCc1c[nH]c2ccc(F)cc12.I. The first-order valence-corrected chi connectivity index (χ1v) is 9.51. The van der Waals surface area contributed by atoms with Gasteiger partial charge in [-0.3, -0.25) is 4.99 Å². The third-order valence-corrected chi connectivity index (χ3v) is 5.48. The molecular weight excluding hydrogens is 476 g/mol. The molecule has 0 saturated heterocycles. The van der Waals surface area contributed by atoms with Gasteiger partial charge in [-0.25, -0.2) is 9.37 Å². The zero-order valence-corrected chi connectivity index (χ0v) is 18.9. The highest BCUT2D eigenvalue weighted by Gasteiger charge is 2.06. The molecule has 0 aliphatic carbocycles. The Hall–Kier alpha value is -1.68. The van der Waals surface area contributed by atoms with Crippen LogP contribution in [0.5, 0.6) is 0 Å². The van der Waals surface area contributed by atoms with Crippen LogP contribution in [0, 0.1) is 19.7 Å². The molecule has 5 nitrogen and oxygen atoms in total. The van der Waals surface area contributed by atoms with Gasteiger partial charge in [-0.2, -0.15) is 0 Å². The number of rotatable bonds is 6. The topological polar surface area (TPSA) is 65.1 Å². The Morgan fingerprint density at radius 3 is 2.63 bits per heavy atom. The maximum atomic E-state index is 13.4. The third kappa shape index (κ3) is 5.65. The van der Waals surface area contributed by atoms with Gasteiger partial charge in [0.1, 0.15) is 5.82 Å². The van der Waals surface area contributed by atoms with Crippen molar-refractivity contribution in [2.75, 3.05) is 20.1 Å². The van der Waals surface area contributed by atoms with Crippen molar-refractivity contribution in [1.29, 1.82) is 0 Å². The summed E-state index contributed by atoms with van der Waals surface area (Å²) < 4.78 is 13.4. The first-order chi connectivity index (χ1) is 12.6. The Kier molecular flexibility index (Phi) is 8.03. The summed E-state index contributed by atoms with van der Waals surface area (Å²) in [7, 11) is 1.76. The van der Waals surface area contributed by atoms with Crippen LogP contribution in [-0.2, 0) is 12.8 Å². The molecule has 3 aromatic rings. The number of aromatic nitrogens is 2. The molecule has 0 radical (unpaired) electrons. The van der Waals surface area contributed by atoms with Gasteiger partial charge in [-0.1, -0.05) is 0 Å². The molecule has 0 amide bonds. The van der Waals surface area contributed by atoms with Gasteiger partial charge < -0.3 is 15.6 Å². The average molecular weight is 501 g/mol. The number of nitrogens with one attached hydrogen (secondary N) is 3. The molecule has 0 fully saturated rings. The summed E-state index contributed by atoms with van der Waals surface area (Å²) >= 11 is 1.75. The van der Waals surface area contributed by atoms with Crippen LogP contribution >= 0.6 is 35.3 Å². The van der Waals surface area contributed by atoms with Crippen molar-refractivity contribution in [2.45, 2.75) is 26.7 Å². The highest BCUT2D eigenvalue weighted by Crippen LogP contribution is 2.19. The van der Waals surface area contributed by atoms with Crippen LogP contribution in [0.15, 0.2) is 29.4 Å².